The van der Waals surface area contributed by atoms with E-state index in [1.165, 1.54) is 107 Å². The lowest BCUT2D eigenvalue weighted by molar-refractivity contribution is 0.0716. The summed E-state index contributed by atoms with van der Waals surface area (Å²) in [6, 6.07) is 0. The van der Waals surface area contributed by atoms with Gasteiger partial charge in [0.1, 0.15) is 0 Å². The molecule has 0 heteroatoms. The first kappa shape index (κ1) is 22.7. The van der Waals surface area contributed by atoms with Crippen LogP contribution in [0.5, 0.6) is 0 Å². The van der Waals surface area contributed by atoms with Gasteiger partial charge in [0.25, 0.3) is 0 Å². The molecule has 12 fully saturated rings. The van der Waals surface area contributed by atoms with Crippen LogP contribution in [0, 0.1) is 107 Å². The molecule has 37 heavy (non-hydrogen) atoms. The van der Waals surface area contributed by atoms with Crippen LogP contribution >= 0.6 is 0 Å². The molecular weight excluding hydrogens is 444 g/mol. The SMILES string of the molecule is C1CC2C(C1)C1CC2C2C3CCC(C3)C12.C1CC2C3CCC(C3)C2C1.C1CC2CC1C1C3CCC(C3)C21. The molecule has 12 rings (SSSR count). The third-order valence-electron chi connectivity index (χ3n) is 17.3. The first-order valence-corrected chi connectivity index (χ1v) is 18.3. The lowest BCUT2D eigenvalue weighted by Gasteiger charge is -2.40. The zero-order valence-corrected chi connectivity index (χ0v) is 23.8. The van der Waals surface area contributed by atoms with Crippen molar-refractivity contribution in [2.75, 3.05) is 0 Å². The maximum Gasteiger partial charge on any atom is -0.0321 e. The van der Waals surface area contributed by atoms with E-state index in [1.54, 1.807) is 122 Å². The third-order valence-corrected chi connectivity index (χ3v) is 17.3. The van der Waals surface area contributed by atoms with Crippen molar-refractivity contribution in [1.29, 1.82) is 0 Å². The molecule has 0 aromatic rings. The summed E-state index contributed by atoms with van der Waals surface area (Å²) >= 11 is 0. The molecule has 0 heterocycles. The van der Waals surface area contributed by atoms with Crippen molar-refractivity contribution in [2.24, 2.45) is 107 Å². The van der Waals surface area contributed by atoms with Gasteiger partial charge in [0, 0.05) is 0 Å². The first-order valence-electron chi connectivity index (χ1n) is 18.3. The molecule has 0 amide bonds. The van der Waals surface area contributed by atoms with Gasteiger partial charge in [-0.1, -0.05) is 12.8 Å². The van der Waals surface area contributed by atoms with Crippen LogP contribution in [0.3, 0.4) is 0 Å². The lowest BCUT2D eigenvalue weighted by Crippen LogP contribution is -2.35. The summed E-state index contributed by atoms with van der Waals surface area (Å²) in [6.07, 6.45) is 30.6. The van der Waals surface area contributed by atoms with Crippen molar-refractivity contribution in [3.05, 3.63) is 0 Å². The number of rotatable bonds is 0. The Morgan fingerprint density at radius 2 is 0.541 bits per heavy atom. The lowest BCUT2D eigenvalue weighted by atomic mass is 9.64. The highest BCUT2D eigenvalue weighted by Gasteiger charge is 2.66. The molecule has 16 atom stereocenters. The molecular formula is C37H56. The zero-order chi connectivity index (χ0) is 23.8. The van der Waals surface area contributed by atoms with Crippen LogP contribution in [0.1, 0.15) is 122 Å². The van der Waals surface area contributed by atoms with Crippen LogP contribution in [-0.4, -0.2) is 0 Å². The molecule has 0 aromatic carbocycles. The topological polar surface area (TPSA) is 0 Å². The number of hydrogen-bond donors (Lipinski definition) is 0. The van der Waals surface area contributed by atoms with E-state index in [0.717, 1.165) is 0 Å². The van der Waals surface area contributed by atoms with Crippen LogP contribution in [0.25, 0.3) is 0 Å². The Bertz CT molecular complexity index is 816. The number of fused-ring (bicyclic) bond motifs is 26. The second-order valence-corrected chi connectivity index (χ2v) is 17.7. The normalized spacial score (nSPS) is 64.9. The van der Waals surface area contributed by atoms with Gasteiger partial charge in [0.05, 0.1) is 0 Å². The van der Waals surface area contributed by atoms with E-state index in [1.807, 2.05) is 0 Å². The van der Waals surface area contributed by atoms with Gasteiger partial charge in [-0.3, -0.25) is 0 Å². The molecule has 204 valence electrons. The fourth-order valence-electron chi connectivity index (χ4n) is 16.8. The van der Waals surface area contributed by atoms with Gasteiger partial charge in [0.15, 0.2) is 0 Å². The number of hydrogen-bond acceptors (Lipinski definition) is 0. The minimum Gasteiger partial charge on any atom is -0.0527 e. The van der Waals surface area contributed by atoms with E-state index in [0.29, 0.717) is 0 Å². The van der Waals surface area contributed by atoms with Crippen molar-refractivity contribution >= 4 is 0 Å². The second kappa shape index (κ2) is 8.28. The summed E-state index contributed by atoms with van der Waals surface area (Å²) in [5, 5.41) is 0. The highest BCUT2D eigenvalue weighted by atomic mass is 14.7. The minimum absolute atomic E-state index is 1.19. The van der Waals surface area contributed by atoms with Gasteiger partial charge in [-0.15, -0.1) is 0 Å². The average Bonchev–Trinajstić information content (AvgIpc) is 3.81. The van der Waals surface area contributed by atoms with Crippen LogP contribution in [-0.2, 0) is 0 Å². The van der Waals surface area contributed by atoms with Gasteiger partial charge in [-0.2, -0.15) is 0 Å². The monoisotopic (exact) mass is 500 g/mol. The first-order chi connectivity index (χ1) is 18.3. The van der Waals surface area contributed by atoms with Crippen molar-refractivity contribution in [3.63, 3.8) is 0 Å². The van der Waals surface area contributed by atoms with E-state index >= 15 is 0 Å². The largest absolute Gasteiger partial charge is 0.0527 e. The van der Waals surface area contributed by atoms with Gasteiger partial charge >= 0.3 is 0 Å². The average molecular weight is 501 g/mol. The van der Waals surface area contributed by atoms with Gasteiger partial charge in [-0.25, -0.2) is 0 Å². The molecule has 10 bridgehead atoms. The summed E-state index contributed by atoms with van der Waals surface area (Å²) in [7, 11) is 0. The van der Waals surface area contributed by atoms with Crippen LogP contribution < -0.4 is 0 Å². The molecule has 12 saturated carbocycles. The smallest absolute Gasteiger partial charge is 0.0321 e. The maximum atomic E-state index is 1.68. The molecule has 0 nitrogen and oxygen atoms in total. The highest BCUT2D eigenvalue weighted by Crippen LogP contribution is 2.73. The fourth-order valence-corrected chi connectivity index (χ4v) is 16.8. The van der Waals surface area contributed by atoms with Gasteiger partial charge < -0.3 is 0 Å². The van der Waals surface area contributed by atoms with Crippen molar-refractivity contribution in [1.82, 2.24) is 0 Å². The molecule has 0 N–H and O–H groups in total. The van der Waals surface area contributed by atoms with E-state index in [2.05, 4.69) is 0 Å². The Morgan fingerprint density at radius 3 is 0.973 bits per heavy atom. The molecule has 16 unspecified atom stereocenters. The molecule has 0 saturated heterocycles. The molecule has 0 aliphatic heterocycles. The second-order valence-electron chi connectivity index (χ2n) is 17.7. The molecule has 0 radical (unpaired) electrons. The van der Waals surface area contributed by atoms with Gasteiger partial charge in [0.2, 0.25) is 0 Å². The Hall–Kier alpha value is 0. The standard InChI is InChI=1S/C15H22.C12H18.C10H16/c1-2-10-11(3-1)13-7-12(10)14-8-4-5-9(6-8)15(13)14;1-2-8-5-7(1)11-9-3-4-10(6-9)12(8)11;1-2-9-7-4-5-8(6-7)10(9)3-1/h8-15H,1-7H2;7-12H,1-6H2;7-10H,1-6H2. The van der Waals surface area contributed by atoms with E-state index in [9.17, 15) is 0 Å². The van der Waals surface area contributed by atoms with Crippen molar-refractivity contribution < 1.29 is 0 Å². The van der Waals surface area contributed by atoms with Crippen LogP contribution in [0.15, 0.2) is 0 Å². The van der Waals surface area contributed by atoms with Crippen LogP contribution in [0.2, 0.25) is 0 Å². The Morgan fingerprint density at radius 1 is 0.216 bits per heavy atom. The summed E-state index contributed by atoms with van der Waals surface area (Å²) in [6.45, 7) is 0. The van der Waals surface area contributed by atoms with Crippen LogP contribution in [0.4, 0.5) is 0 Å². The fraction of sp³-hybridized carbons (Fsp3) is 1.00. The Labute approximate surface area is 228 Å². The molecule has 12 aliphatic rings. The zero-order valence-electron chi connectivity index (χ0n) is 23.8. The van der Waals surface area contributed by atoms with E-state index in [-0.39, 0.29) is 0 Å². The minimum atomic E-state index is 1.19. The quantitative estimate of drug-likeness (QED) is 0.290. The Kier molecular flexibility index (Phi) is 5.07. The van der Waals surface area contributed by atoms with Crippen molar-refractivity contribution in [3.8, 4) is 0 Å². The Balaban J connectivity index is 0.0000000798. The van der Waals surface area contributed by atoms with E-state index < -0.39 is 0 Å². The predicted molar refractivity (Wildman–Crippen MR) is 151 cm³/mol. The summed E-state index contributed by atoms with van der Waals surface area (Å²) in [5.41, 5.74) is 0. The van der Waals surface area contributed by atoms with Crippen molar-refractivity contribution in [2.45, 2.75) is 122 Å². The maximum absolute atomic E-state index is 1.68. The van der Waals surface area contributed by atoms with E-state index in [4.69, 9.17) is 0 Å². The highest BCUT2D eigenvalue weighted by molar-refractivity contribution is 5.14. The summed E-state index contributed by atoms with van der Waals surface area (Å²) in [4.78, 5) is 0. The molecule has 12 aliphatic carbocycles. The summed E-state index contributed by atoms with van der Waals surface area (Å²) < 4.78 is 0. The molecule has 0 aromatic heterocycles. The predicted octanol–water partition coefficient (Wildman–Crippen LogP) is 9.63. The molecule has 0 spiro atoms. The van der Waals surface area contributed by atoms with Gasteiger partial charge in [-0.05, 0) is 216 Å². The third kappa shape index (κ3) is 3.09. The summed E-state index contributed by atoms with van der Waals surface area (Å²) in [5.74, 6) is 21.9.